The van der Waals surface area contributed by atoms with E-state index in [9.17, 15) is 4.79 Å². The predicted octanol–water partition coefficient (Wildman–Crippen LogP) is 5.57. The smallest absolute Gasteiger partial charge is 0.306 e. The molecule has 0 N–H and O–H groups in total. The topological polar surface area (TPSA) is 69.8 Å². The zero-order valence-electron chi connectivity index (χ0n) is 21.4. The average Bonchev–Trinajstić information content (AvgIpc) is 3.81. The highest BCUT2D eigenvalue weighted by Crippen LogP contribution is 2.35. The summed E-state index contributed by atoms with van der Waals surface area (Å²) in [6, 6.07) is 14.7. The van der Waals surface area contributed by atoms with Gasteiger partial charge in [-0.3, -0.25) is 4.79 Å². The Hall–Kier alpha value is -2.57. The standard InChI is InChI=1S/C30H38O6/c1-20(2)28-15-21(3-13-29(28)35-19-27-18-34-27)4-14-30(31)36-25-11-7-23(8-12-25)22-5-9-24(10-6-22)32-16-26-17-33-26/h3,5-6,9-10,13,15,20,23,25-27H,4,7-8,11-12,14,16-19H2,1-2H3. The molecule has 194 valence electrons. The number of hydrogen-bond acceptors (Lipinski definition) is 6. The fourth-order valence-corrected chi connectivity index (χ4v) is 4.88. The molecule has 2 aromatic carbocycles. The third-order valence-electron chi connectivity index (χ3n) is 7.30. The summed E-state index contributed by atoms with van der Waals surface area (Å²) in [5.41, 5.74) is 3.66. The lowest BCUT2D eigenvalue weighted by atomic mass is 9.83. The number of benzene rings is 2. The monoisotopic (exact) mass is 494 g/mol. The van der Waals surface area contributed by atoms with E-state index in [0.717, 1.165) is 56.0 Å². The fraction of sp³-hybridized carbons (Fsp3) is 0.567. The fourth-order valence-electron chi connectivity index (χ4n) is 4.88. The minimum Gasteiger partial charge on any atom is -0.491 e. The van der Waals surface area contributed by atoms with E-state index in [4.69, 9.17) is 23.7 Å². The molecule has 2 unspecified atom stereocenters. The van der Waals surface area contributed by atoms with E-state index in [2.05, 4.69) is 50.2 Å². The summed E-state index contributed by atoms with van der Waals surface area (Å²) >= 11 is 0. The molecule has 6 heteroatoms. The molecule has 36 heavy (non-hydrogen) atoms. The van der Waals surface area contributed by atoms with E-state index >= 15 is 0 Å². The van der Waals surface area contributed by atoms with Crippen molar-refractivity contribution in [1.29, 1.82) is 0 Å². The minimum absolute atomic E-state index is 0.0292. The molecule has 1 aliphatic carbocycles. The maximum absolute atomic E-state index is 12.6. The molecule has 0 amide bonds. The van der Waals surface area contributed by atoms with Crippen molar-refractivity contribution in [3.05, 3.63) is 59.2 Å². The number of esters is 1. The Bertz CT molecular complexity index is 1000. The van der Waals surface area contributed by atoms with Gasteiger partial charge in [0.15, 0.2) is 0 Å². The largest absolute Gasteiger partial charge is 0.491 e. The van der Waals surface area contributed by atoms with Gasteiger partial charge in [0.1, 0.15) is 43.0 Å². The van der Waals surface area contributed by atoms with Gasteiger partial charge in [0.2, 0.25) is 0 Å². The Morgan fingerprint density at radius 1 is 0.917 bits per heavy atom. The lowest BCUT2D eigenvalue weighted by molar-refractivity contribution is -0.150. The molecule has 2 aromatic rings. The Kier molecular flexibility index (Phi) is 8.12. The van der Waals surface area contributed by atoms with E-state index in [1.165, 1.54) is 11.1 Å². The Morgan fingerprint density at radius 3 is 2.22 bits per heavy atom. The quantitative estimate of drug-likeness (QED) is 0.284. The number of carbonyl (C=O) groups is 1. The normalized spacial score (nSPS) is 24.9. The van der Waals surface area contributed by atoms with Gasteiger partial charge in [-0.25, -0.2) is 0 Å². The summed E-state index contributed by atoms with van der Waals surface area (Å²) in [7, 11) is 0. The molecule has 5 rings (SSSR count). The lowest BCUT2D eigenvalue weighted by Crippen LogP contribution is -2.24. The first-order chi connectivity index (χ1) is 17.5. The van der Waals surface area contributed by atoms with Crippen LogP contribution < -0.4 is 9.47 Å². The van der Waals surface area contributed by atoms with Crippen molar-refractivity contribution in [2.75, 3.05) is 26.4 Å². The SMILES string of the molecule is CC(C)c1cc(CCC(=O)OC2CCC(c3ccc(OCC4CO4)cc3)CC2)ccc1OCC1CO1. The number of epoxide rings is 2. The molecule has 6 nitrogen and oxygen atoms in total. The van der Waals surface area contributed by atoms with Gasteiger partial charge in [-0.05, 0) is 78.8 Å². The van der Waals surface area contributed by atoms with E-state index in [-0.39, 0.29) is 24.3 Å². The maximum atomic E-state index is 12.6. The first-order valence-electron chi connectivity index (χ1n) is 13.4. The molecule has 2 heterocycles. The minimum atomic E-state index is -0.100. The summed E-state index contributed by atoms with van der Waals surface area (Å²) in [4.78, 5) is 12.6. The van der Waals surface area contributed by atoms with Gasteiger partial charge < -0.3 is 23.7 Å². The van der Waals surface area contributed by atoms with Crippen molar-refractivity contribution in [2.24, 2.45) is 0 Å². The van der Waals surface area contributed by atoms with Crippen LogP contribution in [0.2, 0.25) is 0 Å². The van der Waals surface area contributed by atoms with Gasteiger partial charge in [0.25, 0.3) is 0 Å². The van der Waals surface area contributed by atoms with Gasteiger partial charge in [-0.1, -0.05) is 38.1 Å². The molecule has 3 fully saturated rings. The lowest BCUT2D eigenvalue weighted by Gasteiger charge is -2.28. The first kappa shape index (κ1) is 25.1. The van der Waals surface area contributed by atoms with Crippen molar-refractivity contribution in [2.45, 2.75) is 82.5 Å². The Balaban J connectivity index is 1.04. The summed E-state index contributed by atoms with van der Waals surface area (Å²) in [5, 5.41) is 0. The molecule has 0 bridgehead atoms. The summed E-state index contributed by atoms with van der Waals surface area (Å²) in [6.07, 6.45) is 5.54. The van der Waals surface area contributed by atoms with Gasteiger partial charge in [-0.2, -0.15) is 0 Å². The molecular formula is C30H38O6. The molecule has 2 atom stereocenters. The average molecular weight is 495 g/mol. The first-order valence-corrected chi connectivity index (χ1v) is 13.4. The van der Waals surface area contributed by atoms with Crippen molar-refractivity contribution >= 4 is 5.97 Å². The maximum Gasteiger partial charge on any atom is 0.306 e. The van der Waals surface area contributed by atoms with Crippen LogP contribution >= 0.6 is 0 Å². The molecule has 3 aliphatic rings. The van der Waals surface area contributed by atoms with Crippen molar-refractivity contribution in [1.82, 2.24) is 0 Å². The predicted molar refractivity (Wildman–Crippen MR) is 137 cm³/mol. The van der Waals surface area contributed by atoms with Crippen molar-refractivity contribution in [3.8, 4) is 11.5 Å². The van der Waals surface area contributed by atoms with Crippen LogP contribution in [0.25, 0.3) is 0 Å². The van der Waals surface area contributed by atoms with Crippen LogP contribution in [-0.4, -0.2) is 50.7 Å². The molecule has 1 saturated carbocycles. The van der Waals surface area contributed by atoms with Crippen molar-refractivity contribution < 1.29 is 28.5 Å². The van der Waals surface area contributed by atoms with Crippen LogP contribution in [0.4, 0.5) is 0 Å². The zero-order valence-corrected chi connectivity index (χ0v) is 21.4. The van der Waals surface area contributed by atoms with Crippen LogP contribution in [0.5, 0.6) is 11.5 Å². The van der Waals surface area contributed by atoms with Crippen molar-refractivity contribution in [3.63, 3.8) is 0 Å². The number of hydrogen-bond donors (Lipinski definition) is 0. The van der Waals surface area contributed by atoms with E-state index in [1.54, 1.807) is 0 Å². The van der Waals surface area contributed by atoms with Crippen LogP contribution in [0, 0.1) is 0 Å². The van der Waals surface area contributed by atoms with Crippen LogP contribution in [0.3, 0.4) is 0 Å². The van der Waals surface area contributed by atoms with Gasteiger partial charge >= 0.3 is 5.97 Å². The highest BCUT2D eigenvalue weighted by atomic mass is 16.6. The van der Waals surface area contributed by atoms with Gasteiger partial charge in [0, 0.05) is 6.42 Å². The molecule has 0 aromatic heterocycles. The zero-order chi connectivity index (χ0) is 24.9. The number of carbonyl (C=O) groups excluding carboxylic acids is 1. The number of rotatable bonds is 12. The third kappa shape index (κ3) is 7.23. The summed E-state index contributed by atoms with van der Waals surface area (Å²) in [6.45, 7) is 7.16. The van der Waals surface area contributed by atoms with Crippen LogP contribution in [0.1, 0.15) is 74.5 Å². The second-order valence-electron chi connectivity index (χ2n) is 10.6. The third-order valence-corrected chi connectivity index (χ3v) is 7.30. The van der Waals surface area contributed by atoms with E-state index < -0.39 is 0 Å². The molecule has 0 spiro atoms. The van der Waals surface area contributed by atoms with E-state index in [1.807, 2.05) is 6.07 Å². The van der Waals surface area contributed by atoms with Crippen LogP contribution in [0.15, 0.2) is 42.5 Å². The van der Waals surface area contributed by atoms with Crippen LogP contribution in [-0.2, 0) is 25.4 Å². The highest BCUT2D eigenvalue weighted by molar-refractivity contribution is 5.70. The van der Waals surface area contributed by atoms with E-state index in [0.29, 0.717) is 37.9 Å². The molecular weight excluding hydrogens is 456 g/mol. The number of ether oxygens (including phenoxy) is 5. The van der Waals surface area contributed by atoms with Gasteiger partial charge in [-0.15, -0.1) is 0 Å². The summed E-state index contributed by atoms with van der Waals surface area (Å²) < 4.78 is 28.0. The molecule has 0 radical (unpaired) electrons. The molecule has 2 aliphatic heterocycles. The molecule has 2 saturated heterocycles. The second-order valence-corrected chi connectivity index (χ2v) is 10.6. The highest BCUT2D eigenvalue weighted by Gasteiger charge is 2.26. The Labute approximate surface area is 214 Å². The number of aryl methyl sites for hydroxylation is 1. The second kappa shape index (κ2) is 11.7. The Morgan fingerprint density at radius 2 is 1.58 bits per heavy atom. The van der Waals surface area contributed by atoms with Gasteiger partial charge in [0.05, 0.1) is 13.2 Å². The summed E-state index contributed by atoms with van der Waals surface area (Å²) in [5.74, 6) is 2.58.